The number of aliphatic hydroxyl groups excluding tert-OH is 1. The van der Waals surface area contributed by atoms with Crippen LogP contribution in [0.25, 0.3) is 0 Å². The molecule has 3 aliphatic rings. The van der Waals surface area contributed by atoms with Gasteiger partial charge >= 0.3 is 0 Å². The van der Waals surface area contributed by atoms with Crippen LogP contribution in [0.1, 0.15) is 70.8 Å². The van der Waals surface area contributed by atoms with Gasteiger partial charge in [-0.3, -0.25) is 0 Å². The Morgan fingerprint density at radius 2 is 0.594 bits per heavy atom. The van der Waals surface area contributed by atoms with Crippen molar-refractivity contribution in [1.82, 2.24) is 0 Å². The Morgan fingerprint density at radius 3 is 0.962 bits per heavy atom. The SMILES string of the molecule is COc1ccc(CO[C@H]2[C@@H](OCc3ccccc3)[C@H](OCc3ccccc3)[C@@H](CO[C@H]3O[C@H](COCc4ccccc4)[C@@H](OCc4ccccc4)[C@H](OCc4ccccc4)[C@@H]3O[C@H]3O[C@H](CO[Si](C)(C)C(C)(C)C)[C@@H](OCc4ccccc4)[C@H](OCc4ccccc4)[C@@H]3OCc3ccccc3)O[C@@H]2O)cc1. The van der Waals surface area contributed by atoms with Crippen LogP contribution in [0.4, 0.5) is 0 Å². The van der Waals surface area contributed by atoms with E-state index < -0.39 is 100 Å². The normalized spacial score (nSPS) is 24.9. The molecule has 3 saturated heterocycles. The fourth-order valence-corrected chi connectivity index (χ4v) is 14.0. The van der Waals surface area contributed by atoms with Gasteiger partial charge in [0, 0.05) is 0 Å². The van der Waals surface area contributed by atoms with E-state index in [1.165, 1.54) is 0 Å². The van der Waals surface area contributed by atoms with Gasteiger partial charge in [0.1, 0.15) is 79.0 Å². The number of aliphatic hydroxyl groups is 1. The molecule has 17 nitrogen and oxygen atoms in total. The van der Waals surface area contributed by atoms with Crippen LogP contribution >= 0.6 is 0 Å². The lowest BCUT2D eigenvalue weighted by Gasteiger charge is -2.51. The van der Waals surface area contributed by atoms with Crippen molar-refractivity contribution in [2.24, 2.45) is 0 Å². The topological polar surface area (TPSA) is 168 Å². The largest absolute Gasteiger partial charge is 0.497 e. The van der Waals surface area contributed by atoms with E-state index in [2.05, 4.69) is 33.9 Å². The summed E-state index contributed by atoms with van der Waals surface area (Å²) in [5, 5.41) is 12.4. The summed E-state index contributed by atoms with van der Waals surface area (Å²) in [6.07, 6.45) is -15.7. The second-order valence-corrected chi connectivity index (χ2v) is 33.4. The summed E-state index contributed by atoms with van der Waals surface area (Å²) in [5.74, 6) is 0.698. The van der Waals surface area contributed by atoms with Crippen molar-refractivity contribution in [2.75, 3.05) is 26.9 Å². The molecule has 9 aromatic carbocycles. The summed E-state index contributed by atoms with van der Waals surface area (Å²) in [4.78, 5) is 0. The molecule has 0 spiro atoms. The highest BCUT2D eigenvalue weighted by Crippen LogP contribution is 2.41. The maximum Gasteiger partial charge on any atom is 0.192 e. The predicted molar refractivity (Wildman–Crippen MR) is 405 cm³/mol. The highest BCUT2D eigenvalue weighted by Gasteiger charge is 2.56. The van der Waals surface area contributed by atoms with Crippen molar-refractivity contribution in [3.63, 3.8) is 0 Å². The zero-order chi connectivity index (χ0) is 73.3. The zero-order valence-electron chi connectivity index (χ0n) is 61.5. The fraction of sp³-hybridized carbons (Fsp3) is 0.386. The van der Waals surface area contributed by atoms with Crippen molar-refractivity contribution in [3.05, 3.63) is 317 Å². The average Bonchev–Trinajstić information content (AvgIpc) is 0.768. The van der Waals surface area contributed by atoms with Crippen molar-refractivity contribution in [3.8, 4) is 5.75 Å². The molecule has 9 aromatic rings. The van der Waals surface area contributed by atoms with Crippen LogP contribution < -0.4 is 4.74 Å². The van der Waals surface area contributed by atoms with E-state index in [0.717, 1.165) is 50.1 Å². The Balaban J connectivity index is 0.975. The van der Waals surface area contributed by atoms with Crippen LogP contribution in [0.5, 0.6) is 5.75 Å². The third kappa shape index (κ3) is 22.3. The Hall–Kier alpha value is -7.64. The summed E-state index contributed by atoms with van der Waals surface area (Å²) in [5.41, 5.74) is 8.23. The first kappa shape index (κ1) is 78.0. The number of ether oxygens (including phenoxy) is 15. The first-order chi connectivity index (χ1) is 51.8. The van der Waals surface area contributed by atoms with E-state index >= 15 is 0 Å². The lowest BCUT2D eigenvalue weighted by Crippen LogP contribution is -2.67. The molecule has 3 heterocycles. The first-order valence-electron chi connectivity index (χ1n) is 36.8. The number of rotatable bonds is 37. The molecule has 18 heteroatoms. The number of hydrogen-bond acceptors (Lipinski definition) is 17. The number of methoxy groups -OCH3 is 1. The second kappa shape index (κ2) is 39.5. The molecule has 0 aromatic heterocycles. The van der Waals surface area contributed by atoms with Gasteiger partial charge in [-0.25, -0.2) is 0 Å². The van der Waals surface area contributed by atoms with Gasteiger partial charge in [-0.2, -0.15) is 0 Å². The minimum absolute atomic E-state index is 0.0294. The molecule has 0 saturated carbocycles. The maximum atomic E-state index is 12.6. The molecule has 3 fully saturated rings. The van der Waals surface area contributed by atoms with Crippen molar-refractivity contribution < 1.29 is 80.6 Å². The van der Waals surface area contributed by atoms with Gasteiger partial charge in [-0.15, -0.1) is 0 Å². The van der Waals surface area contributed by atoms with E-state index in [9.17, 15) is 5.11 Å². The molecule has 0 aliphatic carbocycles. The zero-order valence-corrected chi connectivity index (χ0v) is 62.5. The van der Waals surface area contributed by atoms with E-state index in [-0.39, 0.29) is 84.3 Å². The molecule has 12 rings (SSSR count). The van der Waals surface area contributed by atoms with E-state index in [0.29, 0.717) is 5.75 Å². The molecule has 3 aliphatic heterocycles. The standard InChI is InChI=1S/C88H102O17Si/c1-88(2,3)106(5,6)101-62-75-78(94-54-66-37-21-10-22-38-66)80(96-56-68-41-25-12-26-42-68)83(99-58-70-45-29-14-30-46-70)87(104-75)105-84-81(97-57-69-43-27-13-28-44-69)76(92-52-64-33-17-8-18-34-64)73(60-91-51-63-31-15-7-16-32-63)103-86(84)100-61-74-77(93-53-65-35-19-9-20-36-65)79(95-55-67-39-23-11-24-40-67)82(85(89)102-74)98-59-71-47-49-72(90-4)50-48-71/h7-50,73-87,89H,51-62H2,1-6H3/t73-,74-,75-,76-,77-,78-,79+,80+,81+,82+,83+,84+,85+,86+,87-/m1/s1. The lowest BCUT2D eigenvalue weighted by molar-refractivity contribution is -0.387. The molecule has 0 radical (unpaired) electrons. The maximum absolute atomic E-state index is 12.6. The smallest absolute Gasteiger partial charge is 0.192 e. The summed E-state index contributed by atoms with van der Waals surface area (Å²) in [6.45, 7) is 12.5. The third-order valence-electron chi connectivity index (χ3n) is 19.9. The molecule has 0 amide bonds. The summed E-state index contributed by atoms with van der Waals surface area (Å²) in [6, 6.07) is 87.4. The van der Waals surface area contributed by atoms with E-state index in [1.54, 1.807) is 7.11 Å². The molecule has 0 unspecified atom stereocenters. The molecule has 15 atom stereocenters. The molecule has 0 bridgehead atoms. The predicted octanol–water partition coefficient (Wildman–Crippen LogP) is 15.5. The third-order valence-corrected chi connectivity index (χ3v) is 24.4. The van der Waals surface area contributed by atoms with Gasteiger partial charge in [0.05, 0.1) is 86.4 Å². The Kier molecular flexibility index (Phi) is 29.0. The quantitative estimate of drug-likeness (QED) is 0.0365. The van der Waals surface area contributed by atoms with Gasteiger partial charge in [-0.1, -0.05) is 276 Å². The highest BCUT2D eigenvalue weighted by molar-refractivity contribution is 6.74. The Morgan fingerprint density at radius 1 is 0.302 bits per heavy atom. The van der Waals surface area contributed by atoms with Crippen LogP contribution in [-0.2, 0) is 130 Å². The number of benzene rings is 9. The molecular formula is C88H102O17Si. The van der Waals surface area contributed by atoms with Gasteiger partial charge in [-0.05, 0) is 80.3 Å². The minimum Gasteiger partial charge on any atom is -0.497 e. The van der Waals surface area contributed by atoms with Gasteiger partial charge in [0.25, 0.3) is 0 Å². The number of hydrogen-bond donors (Lipinski definition) is 1. The Labute approximate surface area is 625 Å². The van der Waals surface area contributed by atoms with Crippen LogP contribution in [0.3, 0.4) is 0 Å². The first-order valence-corrected chi connectivity index (χ1v) is 39.7. The van der Waals surface area contributed by atoms with Crippen molar-refractivity contribution >= 4 is 8.32 Å². The Bertz CT molecular complexity index is 3910. The van der Waals surface area contributed by atoms with E-state index in [4.69, 9.17) is 75.5 Å². The summed E-state index contributed by atoms with van der Waals surface area (Å²) in [7, 11) is -0.884. The molecular weight excluding hydrogens is 1360 g/mol. The van der Waals surface area contributed by atoms with Crippen LogP contribution in [0, 0.1) is 0 Å². The highest BCUT2D eigenvalue weighted by atomic mass is 28.4. The average molecular weight is 1460 g/mol. The van der Waals surface area contributed by atoms with E-state index in [1.807, 2.05) is 267 Å². The monoisotopic (exact) mass is 1460 g/mol. The van der Waals surface area contributed by atoms with Gasteiger partial charge < -0.3 is 80.6 Å². The summed E-state index contributed by atoms with van der Waals surface area (Å²) < 4.78 is 114. The van der Waals surface area contributed by atoms with Gasteiger partial charge in [0.2, 0.25) is 0 Å². The summed E-state index contributed by atoms with van der Waals surface area (Å²) >= 11 is 0. The van der Waals surface area contributed by atoms with Crippen LogP contribution in [0.2, 0.25) is 18.1 Å². The fourth-order valence-electron chi connectivity index (χ4n) is 13.0. The molecule has 560 valence electrons. The van der Waals surface area contributed by atoms with Crippen molar-refractivity contribution in [2.45, 2.75) is 190 Å². The van der Waals surface area contributed by atoms with Crippen molar-refractivity contribution in [1.29, 1.82) is 0 Å². The minimum atomic E-state index is -2.51. The van der Waals surface area contributed by atoms with Gasteiger partial charge in [0.15, 0.2) is 27.2 Å². The lowest BCUT2D eigenvalue weighted by atomic mass is 9.95. The second-order valence-electron chi connectivity index (χ2n) is 28.6. The van der Waals surface area contributed by atoms with Crippen LogP contribution in [-0.4, -0.2) is 132 Å². The molecule has 1 N–H and O–H groups in total. The molecule has 106 heavy (non-hydrogen) atoms. The van der Waals surface area contributed by atoms with Crippen LogP contribution in [0.15, 0.2) is 267 Å².